The molecule has 21 heavy (non-hydrogen) atoms. The summed E-state index contributed by atoms with van der Waals surface area (Å²) in [5, 5.41) is 20.0. The topological polar surface area (TPSA) is 127 Å². The van der Waals surface area contributed by atoms with Crippen molar-refractivity contribution in [2.75, 3.05) is 0 Å². The van der Waals surface area contributed by atoms with Crippen LogP contribution in [0.4, 0.5) is 5.69 Å². The summed E-state index contributed by atoms with van der Waals surface area (Å²) in [6.07, 6.45) is 1.56. The lowest BCUT2D eigenvalue weighted by molar-refractivity contribution is -0.384. The molecule has 0 aromatic carbocycles. The lowest BCUT2D eigenvalue weighted by Crippen LogP contribution is -2.52. The van der Waals surface area contributed by atoms with Crippen LogP contribution in [0.3, 0.4) is 0 Å². The third-order valence-corrected chi connectivity index (χ3v) is 6.65. The van der Waals surface area contributed by atoms with Gasteiger partial charge in [0.25, 0.3) is 15.7 Å². The molecule has 0 bridgehead atoms. The van der Waals surface area contributed by atoms with Crippen LogP contribution in [-0.2, 0) is 14.8 Å². The van der Waals surface area contributed by atoms with Crippen LogP contribution in [0.25, 0.3) is 0 Å². The van der Waals surface area contributed by atoms with Gasteiger partial charge < -0.3 is 5.11 Å². The molecule has 1 saturated carbocycles. The van der Waals surface area contributed by atoms with Gasteiger partial charge in [0.1, 0.15) is 9.75 Å². The fraction of sp³-hybridized carbons (Fsp3) is 0.500. The molecule has 1 heterocycles. The molecule has 0 atom stereocenters. The molecule has 1 aliphatic carbocycles. The Morgan fingerprint density at radius 1 is 1.48 bits per heavy atom. The minimum Gasteiger partial charge on any atom is -0.480 e. The van der Waals surface area contributed by atoms with Crippen molar-refractivity contribution in [1.82, 2.24) is 4.72 Å². The van der Waals surface area contributed by atoms with Gasteiger partial charge in [-0.3, -0.25) is 14.9 Å². The number of carboxylic acid groups (broad SMARTS) is 1. The number of carboxylic acids is 1. The monoisotopic (exact) mass is 354 g/mol. The Morgan fingerprint density at radius 2 is 2.05 bits per heavy atom. The number of halogens is 1. The van der Waals surface area contributed by atoms with E-state index in [1.165, 1.54) is 0 Å². The summed E-state index contributed by atoms with van der Waals surface area (Å²) < 4.78 is 26.0. The maximum atomic E-state index is 12.2. The molecule has 1 aliphatic rings. The average molecular weight is 355 g/mol. The van der Waals surface area contributed by atoms with Crippen LogP contribution in [0, 0.1) is 10.1 Å². The molecular weight excluding hydrogens is 344 g/mol. The first kappa shape index (κ1) is 16.1. The number of thiophene rings is 1. The number of nitrogens with one attached hydrogen (secondary N) is 1. The van der Waals surface area contributed by atoms with Gasteiger partial charge in [0.05, 0.1) is 4.92 Å². The van der Waals surface area contributed by atoms with Gasteiger partial charge in [-0.2, -0.15) is 4.72 Å². The van der Waals surface area contributed by atoms with Crippen LogP contribution >= 0.6 is 22.9 Å². The van der Waals surface area contributed by atoms with E-state index in [1.54, 1.807) is 0 Å². The maximum Gasteiger partial charge on any atom is 0.324 e. The molecule has 11 heteroatoms. The molecular formula is C10H11ClN2O6S2. The number of nitro groups is 1. The van der Waals surface area contributed by atoms with E-state index in [9.17, 15) is 28.4 Å². The van der Waals surface area contributed by atoms with Gasteiger partial charge in [0.2, 0.25) is 0 Å². The predicted octanol–water partition coefficient (Wildman–Crippen LogP) is 1.99. The van der Waals surface area contributed by atoms with Gasteiger partial charge in [-0.15, -0.1) is 11.3 Å². The van der Waals surface area contributed by atoms with Crippen LogP contribution in [0.2, 0.25) is 4.34 Å². The van der Waals surface area contributed by atoms with Crippen molar-refractivity contribution in [3.8, 4) is 0 Å². The zero-order chi connectivity index (χ0) is 15.8. The zero-order valence-electron chi connectivity index (χ0n) is 10.5. The Balaban J connectivity index is 2.36. The molecule has 2 N–H and O–H groups in total. The highest BCUT2D eigenvalue weighted by atomic mass is 35.5. The minimum absolute atomic E-state index is 0.183. The Kier molecular flexibility index (Phi) is 4.24. The zero-order valence-corrected chi connectivity index (χ0v) is 12.9. The molecule has 8 nitrogen and oxygen atoms in total. The molecule has 0 amide bonds. The van der Waals surface area contributed by atoms with Crippen molar-refractivity contribution in [2.45, 2.75) is 35.4 Å². The van der Waals surface area contributed by atoms with Crippen LogP contribution in [0.5, 0.6) is 0 Å². The largest absolute Gasteiger partial charge is 0.480 e. The highest BCUT2D eigenvalue weighted by molar-refractivity contribution is 7.91. The van der Waals surface area contributed by atoms with Crippen LogP contribution in [0.1, 0.15) is 25.7 Å². The molecule has 1 fully saturated rings. The number of sulfonamides is 1. The van der Waals surface area contributed by atoms with Crippen molar-refractivity contribution in [3.05, 3.63) is 20.5 Å². The summed E-state index contributed by atoms with van der Waals surface area (Å²) in [7, 11) is -4.18. The fourth-order valence-corrected chi connectivity index (χ4v) is 5.32. The van der Waals surface area contributed by atoms with Crippen LogP contribution in [-0.4, -0.2) is 30.0 Å². The molecule has 0 radical (unpaired) electrons. The van der Waals surface area contributed by atoms with E-state index in [-0.39, 0.29) is 21.4 Å². The van der Waals surface area contributed by atoms with Gasteiger partial charge in [0.15, 0.2) is 4.34 Å². The molecule has 0 saturated heterocycles. The lowest BCUT2D eigenvalue weighted by Gasteiger charge is -2.24. The summed E-state index contributed by atoms with van der Waals surface area (Å²) in [6.45, 7) is 0. The Labute approximate surface area is 128 Å². The number of aliphatic carboxylic acids is 1. The van der Waals surface area contributed by atoms with Gasteiger partial charge >= 0.3 is 5.97 Å². The highest BCUT2D eigenvalue weighted by Crippen LogP contribution is 2.38. The van der Waals surface area contributed by atoms with Gasteiger partial charge in [-0.05, 0) is 12.8 Å². The maximum absolute atomic E-state index is 12.2. The molecule has 1 aromatic rings. The van der Waals surface area contributed by atoms with E-state index in [0.29, 0.717) is 24.2 Å². The van der Waals surface area contributed by atoms with Crippen molar-refractivity contribution in [2.24, 2.45) is 0 Å². The predicted molar refractivity (Wildman–Crippen MR) is 75.1 cm³/mol. The van der Waals surface area contributed by atoms with E-state index in [0.717, 1.165) is 6.07 Å². The average Bonchev–Trinajstić information content (AvgIpc) is 2.96. The Bertz CT molecular complexity index is 692. The van der Waals surface area contributed by atoms with Crippen molar-refractivity contribution >= 4 is 44.6 Å². The molecule has 0 unspecified atom stereocenters. The van der Waals surface area contributed by atoms with E-state index in [4.69, 9.17) is 11.6 Å². The summed E-state index contributed by atoms with van der Waals surface area (Å²) >= 11 is 6.15. The third kappa shape index (κ3) is 3.03. The first-order valence-electron chi connectivity index (χ1n) is 5.89. The Morgan fingerprint density at radius 3 is 2.48 bits per heavy atom. The van der Waals surface area contributed by atoms with E-state index in [1.807, 2.05) is 0 Å². The second-order valence-electron chi connectivity index (χ2n) is 4.68. The molecule has 116 valence electrons. The van der Waals surface area contributed by atoms with Gasteiger partial charge in [-0.1, -0.05) is 24.4 Å². The first-order valence-corrected chi connectivity index (χ1v) is 8.57. The van der Waals surface area contributed by atoms with Gasteiger partial charge in [-0.25, -0.2) is 8.42 Å². The summed E-state index contributed by atoms with van der Waals surface area (Å²) in [5.74, 6) is -1.25. The van der Waals surface area contributed by atoms with Crippen molar-refractivity contribution in [1.29, 1.82) is 0 Å². The van der Waals surface area contributed by atoms with Crippen LogP contribution in [0.15, 0.2) is 10.3 Å². The fourth-order valence-electron chi connectivity index (χ4n) is 2.24. The smallest absolute Gasteiger partial charge is 0.324 e. The lowest BCUT2D eigenvalue weighted by atomic mass is 10.0. The second kappa shape index (κ2) is 5.52. The first-order chi connectivity index (χ1) is 9.68. The molecule has 0 spiro atoms. The van der Waals surface area contributed by atoms with Gasteiger partial charge in [0, 0.05) is 6.07 Å². The number of hydrogen-bond donors (Lipinski definition) is 2. The number of nitrogens with zero attached hydrogens (tertiary/aromatic N) is 1. The summed E-state index contributed by atoms with van der Waals surface area (Å²) in [6, 6.07) is 0.833. The van der Waals surface area contributed by atoms with E-state index in [2.05, 4.69) is 4.72 Å². The Hall–Kier alpha value is -1.23. The molecule has 2 rings (SSSR count). The summed E-state index contributed by atoms with van der Waals surface area (Å²) in [4.78, 5) is 21.3. The quantitative estimate of drug-likeness (QED) is 0.615. The summed E-state index contributed by atoms with van der Waals surface area (Å²) in [5.41, 5.74) is -2.07. The number of hydrogen-bond acceptors (Lipinski definition) is 6. The van der Waals surface area contributed by atoms with Crippen LogP contribution < -0.4 is 4.72 Å². The number of rotatable bonds is 5. The highest BCUT2D eigenvalue weighted by Gasteiger charge is 2.45. The second-order valence-corrected chi connectivity index (χ2v) is 8.24. The number of carbonyl (C=O) groups is 1. The van der Waals surface area contributed by atoms with Crippen molar-refractivity contribution < 1.29 is 23.2 Å². The van der Waals surface area contributed by atoms with E-state index < -0.39 is 32.1 Å². The molecule has 1 aromatic heterocycles. The normalized spacial score (nSPS) is 17.8. The third-order valence-electron chi connectivity index (χ3n) is 3.30. The SMILES string of the molecule is O=C(O)C1(NS(=O)(=O)c2cc([N+](=O)[O-])c(Cl)s2)CCCC1. The molecule has 0 aliphatic heterocycles. The minimum atomic E-state index is -4.18. The van der Waals surface area contributed by atoms with Crippen molar-refractivity contribution in [3.63, 3.8) is 0 Å². The van der Waals surface area contributed by atoms with E-state index >= 15 is 0 Å². The standard InChI is InChI=1S/C10H11ClN2O6S2/c11-8-6(13(16)17)5-7(20-8)21(18,19)12-10(9(14)15)3-1-2-4-10/h5,12H,1-4H2,(H,14,15).